The summed E-state index contributed by atoms with van der Waals surface area (Å²) >= 11 is 1.11. The first-order valence-electron chi connectivity index (χ1n) is 9.70. The summed E-state index contributed by atoms with van der Waals surface area (Å²) in [7, 11) is -3.87. The number of sulfonamides is 1. The Morgan fingerprint density at radius 3 is 2.59 bits per heavy atom. The fourth-order valence-electron chi connectivity index (χ4n) is 2.66. The van der Waals surface area contributed by atoms with Crippen LogP contribution in [0.1, 0.15) is 24.7 Å². The number of aryl methyl sites for hydroxylation is 2. The number of aromatic amines is 1. The minimum Gasteiger partial charge on any atom is -0.325 e. The highest BCUT2D eigenvalue weighted by molar-refractivity contribution is 7.99. The van der Waals surface area contributed by atoms with Gasteiger partial charge in [0.2, 0.25) is 11.9 Å². The Balaban J connectivity index is 1.59. The molecule has 0 saturated carbocycles. The van der Waals surface area contributed by atoms with Gasteiger partial charge in [-0.05, 0) is 43.7 Å². The summed E-state index contributed by atoms with van der Waals surface area (Å²) in [5.41, 5.74) is 1.49. The van der Waals surface area contributed by atoms with Gasteiger partial charge < -0.3 is 10.3 Å². The predicted octanol–water partition coefficient (Wildman–Crippen LogP) is 2.35. The van der Waals surface area contributed by atoms with Crippen LogP contribution in [0.3, 0.4) is 0 Å². The second kappa shape index (κ2) is 10.4. The van der Waals surface area contributed by atoms with Crippen LogP contribution in [0.25, 0.3) is 0 Å². The fourth-order valence-corrected chi connectivity index (χ4v) is 4.31. The Morgan fingerprint density at radius 2 is 1.91 bits per heavy atom. The van der Waals surface area contributed by atoms with Crippen molar-refractivity contribution in [1.82, 2.24) is 19.9 Å². The van der Waals surface area contributed by atoms with Crippen molar-refractivity contribution in [1.29, 1.82) is 0 Å². The number of thioether (sulfide) groups is 1. The van der Waals surface area contributed by atoms with Crippen molar-refractivity contribution in [2.75, 3.05) is 15.8 Å². The molecule has 0 unspecified atom stereocenters. The predicted molar refractivity (Wildman–Crippen MR) is 122 cm³/mol. The Morgan fingerprint density at radius 1 is 1.16 bits per heavy atom. The molecule has 168 valence electrons. The lowest BCUT2D eigenvalue weighted by Crippen LogP contribution is -2.17. The van der Waals surface area contributed by atoms with Crippen LogP contribution in [0.4, 0.5) is 11.6 Å². The molecule has 0 saturated heterocycles. The van der Waals surface area contributed by atoms with E-state index in [0.29, 0.717) is 28.7 Å². The van der Waals surface area contributed by atoms with E-state index in [-0.39, 0.29) is 28.1 Å². The van der Waals surface area contributed by atoms with Crippen molar-refractivity contribution >= 4 is 39.3 Å². The molecule has 32 heavy (non-hydrogen) atoms. The van der Waals surface area contributed by atoms with Gasteiger partial charge in [0.15, 0.2) is 5.16 Å². The first-order valence-corrected chi connectivity index (χ1v) is 12.2. The molecule has 3 N–H and O–H groups in total. The summed E-state index contributed by atoms with van der Waals surface area (Å²) in [6.07, 6.45) is 3.01. The first kappa shape index (κ1) is 23.4. The monoisotopic (exact) mass is 474 g/mol. The average molecular weight is 475 g/mol. The normalized spacial score (nSPS) is 11.2. The topological polar surface area (TPSA) is 147 Å². The van der Waals surface area contributed by atoms with E-state index in [9.17, 15) is 18.0 Å². The van der Waals surface area contributed by atoms with Crippen molar-refractivity contribution in [3.05, 3.63) is 64.3 Å². The van der Waals surface area contributed by atoms with Crippen molar-refractivity contribution in [3.8, 4) is 0 Å². The maximum Gasteiger partial charge on any atom is 0.264 e. The minimum absolute atomic E-state index is 0.00416. The number of hydrogen-bond donors (Lipinski definition) is 3. The number of H-pyrrole nitrogens is 1. The molecule has 0 aliphatic carbocycles. The van der Waals surface area contributed by atoms with E-state index in [1.54, 1.807) is 13.0 Å². The summed E-state index contributed by atoms with van der Waals surface area (Å²) in [6.45, 7) is 3.72. The fraction of sp³-hybridized carbons (Fsp3) is 0.250. The summed E-state index contributed by atoms with van der Waals surface area (Å²) in [6, 6.07) is 8.81. The summed E-state index contributed by atoms with van der Waals surface area (Å²) in [4.78, 5) is 38.8. The molecule has 10 nitrogen and oxygen atoms in total. The summed E-state index contributed by atoms with van der Waals surface area (Å²) < 4.78 is 27.3. The first-order chi connectivity index (χ1) is 15.2. The lowest BCUT2D eigenvalue weighted by atomic mass is 10.2. The molecule has 0 aliphatic rings. The Kier molecular flexibility index (Phi) is 7.59. The molecule has 1 amide bonds. The Bertz CT molecular complexity index is 1260. The molecule has 0 bridgehead atoms. The summed E-state index contributed by atoms with van der Waals surface area (Å²) in [5.74, 6) is -0.306. The van der Waals surface area contributed by atoms with Crippen molar-refractivity contribution in [3.63, 3.8) is 0 Å². The number of benzene rings is 1. The third kappa shape index (κ3) is 6.62. The molecule has 2 aromatic heterocycles. The van der Waals surface area contributed by atoms with Crippen LogP contribution < -0.4 is 15.6 Å². The standard InChI is InChI=1S/C20H22N6O4S2/c1-3-4-15-11-17(27)25-20(24-15)31-12-18(28)23-14-5-7-16(8-6-14)32(29,30)26-19-21-10-9-13(2)22-19/h5-11H,3-4,12H2,1-2H3,(H,23,28)(H,21,22,26)(H,24,25,27). The third-order valence-corrected chi connectivity index (χ3v) is 6.31. The number of rotatable bonds is 9. The maximum atomic E-state index is 12.5. The highest BCUT2D eigenvalue weighted by Crippen LogP contribution is 2.18. The van der Waals surface area contributed by atoms with Crippen molar-refractivity contribution in [2.45, 2.75) is 36.7 Å². The molecule has 0 atom stereocenters. The number of anilines is 2. The van der Waals surface area contributed by atoms with E-state index in [1.165, 1.54) is 36.5 Å². The zero-order valence-electron chi connectivity index (χ0n) is 17.5. The molecule has 12 heteroatoms. The van der Waals surface area contributed by atoms with E-state index >= 15 is 0 Å². The minimum atomic E-state index is -3.87. The molecule has 2 heterocycles. The zero-order chi connectivity index (χ0) is 23.1. The van der Waals surface area contributed by atoms with Gasteiger partial charge in [-0.1, -0.05) is 25.1 Å². The van der Waals surface area contributed by atoms with Gasteiger partial charge in [-0.3, -0.25) is 9.59 Å². The van der Waals surface area contributed by atoms with Crippen molar-refractivity contribution < 1.29 is 13.2 Å². The molecule has 3 rings (SSSR count). The number of amides is 1. The smallest absolute Gasteiger partial charge is 0.264 e. The van der Waals surface area contributed by atoms with Crippen LogP contribution in [0.5, 0.6) is 0 Å². The number of nitrogens with one attached hydrogen (secondary N) is 3. The third-order valence-electron chi connectivity index (χ3n) is 4.09. The van der Waals surface area contributed by atoms with Gasteiger partial charge >= 0.3 is 0 Å². The molecule has 0 spiro atoms. The van der Waals surface area contributed by atoms with Gasteiger partial charge in [0.1, 0.15) is 0 Å². The molecule has 3 aromatic rings. The number of carbonyl (C=O) groups is 1. The number of carbonyl (C=O) groups excluding carboxylic acids is 1. The van der Waals surface area contributed by atoms with Crippen molar-refractivity contribution in [2.24, 2.45) is 0 Å². The van der Waals surface area contributed by atoms with E-state index in [4.69, 9.17) is 0 Å². The van der Waals surface area contributed by atoms with Gasteiger partial charge in [0, 0.05) is 29.3 Å². The van der Waals surface area contributed by atoms with Gasteiger partial charge in [-0.25, -0.2) is 28.1 Å². The summed E-state index contributed by atoms with van der Waals surface area (Å²) in [5, 5.41) is 3.06. The SMILES string of the molecule is CCCc1cc(=O)[nH]c(SCC(=O)Nc2ccc(S(=O)(=O)Nc3nccc(C)n3)cc2)n1. The number of aromatic nitrogens is 4. The Labute approximate surface area is 189 Å². The van der Waals surface area contributed by atoms with Crippen LogP contribution in [-0.2, 0) is 21.2 Å². The van der Waals surface area contributed by atoms with Crippen LogP contribution >= 0.6 is 11.8 Å². The zero-order valence-corrected chi connectivity index (χ0v) is 19.1. The largest absolute Gasteiger partial charge is 0.325 e. The molecular formula is C20H22N6O4S2. The average Bonchev–Trinajstić information content (AvgIpc) is 2.72. The maximum absolute atomic E-state index is 12.5. The van der Waals surface area contributed by atoms with Gasteiger partial charge in [-0.15, -0.1) is 0 Å². The number of nitrogens with zero attached hydrogens (tertiary/aromatic N) is 3. The molecule has 0 fully saturated rings. The molecular weight excluding hydrogens is 452 g/mol. The Hall–Kier alpha value is -3.25. The van der Waals surface area contributed by atoms with Gasteiger partial charge in [-0.2, -0.15) is 0 Å². The van der Waals surface area contributed by atoms with Gasteiger partial charge in [0.25, 0.3) is 15.6 Å². The van der Waals surface area contributed by atoms with Crippen LogP contribution in [0.2, 0.25) is 0 Å². The lowest BCUT2D eigenvalue weighted by Gasteiger charge is -2.09. The lowest BCUT2D eigenvalue weighted by molar-refractivity contribution is -0.113. The van der Waals surface area contributed by atoms with E-state index in [2.05, 4.69) is 30.0 Å². The van der Waals surface area contributed by atoms with E-state index < -0.39 is 10.0 Å². The quantitative estimate of drug-likeness (QED) is 0.316. The second-order valence-corrected chi connectivity index (χ2v) is 9.43. The molecule has 0 radical (unpaired) electrons. The van der Waals surface area contributed by atoms with Crippen LogP contribution in [0, 0.1) is 6.92 Å². The highest BCUT2D eigenvalue weighted by Gasteiger charge is 2.16. The molecule has 0 aliphatic heterocycles. The second-order valence-electron chi connectivity index (χ2n) is 6.78. The van der Waals surface area contributed by atoms with Gasteiger partial charge in [0.05, 0.1) is 10.6 Å². The van der Waals surface area contributed by atoms with Crippen LogP contribution in [-0.4, -0.2) is 40.0 Å². The van der Waals surface area contributed by atoms with E-state index in [0.717, 1.165) is 18.2 Å². The molecule has 1 aromatic carbocycles. The number of hydrogen-bond acceptors (Lipinski definition) is 8. The van der Waals surface area contributed by atoms with Crippen LogP contribution in [0.15, 0.2) is 57.4 Å². The van der Waals surface area contributed by atoms with E-state index in [1.807, 2.05) is 6.92 Å². The highest BCUT2D eigenvalue weighted by atomic mass is 32.2.